The lowest BCUT2D eigenvalue weighted by atomic mass is 9.81. The van der Waals surface area contributed by atoms with Crippen molar-refractivity contribution in [3.63, 3.8) is 0 Å². The molecular weight excluding hydrogens is 512 g/mol. The highest BCUT2D eigenvalue weighted by Crippen LogP contribution is 2.34. The predicted octanol–water partition coefficient (Wildman–Crippen LogP) is 7.04. The summed E-state index contributed by atoms with van der Waals surface area (Å²) in [5.41, 5.74) is 0.849. The van der Waals surface area contributed by atoms with Crippen molar-refractivity contribution in [2.45, 2.75) is 25.7 Å². The van der Waals surface area contributed by atoms with Crippen LogP contribution in [0.25, 0.3) is 5.57 Å². The van der Waals surface area contributed by atoms with Gasteiger partial charge in [-0.25, -0.2) is 0 Å². The molecule has 6 nitrogen and oxygen atoms in total. The summed E-state index contributed by atoms with van der Waals surface area (Å²) in [6, 6.07) is 13.4. The Morgan fingerprint density at radius 2 is 1.66 bits per heavy atom. The zero-order valence-electron chi connectivity index (χ0n) is 20.1. The molecular formula is C26H23F6N5O. The first-order valence-electron chi connectivity index (χ1n) is 11.5. The molecule has 1 atom stereocenters. The Hall–Kier alpha value is -4.09. The van der Waals surface area contributed by atoms with Crippen molar-refractivity contribution >= 4 is 23.2 Å². The van der Waals surface area contributed by atoms with Crippen LogP contribution in [-0.2, 0) is 6.18 Å². The van der Waals surface area contributed by atoms with Crippen LogP contribution in [0.2, 0.25) is 0 Å². The van der Waals surface area contributed by atoms with E-state index in [0.29, 0.717) is 13.0 Å². The second kappa shape index (κ2) is 10.7. The fourth-order valence-electron chi connectivity index (χ4n) is 3.63. The van der Waals surface area contributed by atoms with E-state index in [1.165, 1.54) is 12.1 Å². The molecule has 1 heterocycles. The minimum absolute atomic E-state index is 0.0144. The van der Waals surface area contributed by atoms with Crippen LogP contribution in [0, 0.1) is 5.41 Å². The van der Waals surface area contributed by atoms with Crippen LogP contribution in [0.4, 0.5) is 43.9 Å². The first kappa shape index (κ1) is 27.0. The molecule has 12 heteroatoms. The third-order valence-corrected chi connectivity index (χ3v) is 5.64. The van der Waals surface area contributed by atoms with Gasteiger partial charge in [0.05, 0.1) is 5.56 Å². The number of hydrogen-bond donors (Lipinski definition) is 2. The Kier molecular flexibility index (Phi) is 7.61. The second-order valence-corrected chi connectivity index (χ2v) is 8.94. The largest absolute Gasteiger partial charge is 0.454 e. The summed E-state index contributed by atoms with van der Waals surface area (Å²) in [6.07, 6.45) is -2.46. The van der Waals surface area contributed by atoms with Crippen molar-refractivity contribution in [3.05, 3.63) is 84.0 Å². The molecule has 0 spiro atoms. The second-order valence-electron chi connectivity index (χ2n) is 8.94. The van der Waals surface area contributed by atoms with Gasteiger partial charge in [-0.05, 0) is 35.8 Å². The molecule has 1 aliphatic carbocycles. The molecule has 0 bridgehead atoms. The van der Waals surface area contributed by atoms with Gasteiger partial charge in [0.1, 0.15) is 0 Å². The molecule has 0 saturated heterocycles. The maximum absolute atomic E-state index is 13.1. The molecule has 1 aliphatic rings. The zero-order valence-corrected chi connectivity index (χ0v) is 20.1. The van der Waals surface area contributed by atoms with Gasteiger partial charge in [0.25, 0.3) is 0 Å². The number of alkyl halides is 6. The molecule has 3 aromatic rings. The Morgan fingerprint density at radius 3 is 2.32 bits per heavy atom. The van der Waals surface area contributed by atoms with Crippen molar-refractivity contribution < 1.29 is 31.1 Å². The summed E-state index contributed by atoms with van der Waals surface area (Å²) < 4.78 is 82.0. The maximum Gasteiger partial charge on any atom is 0.422 e. The van der Waals surface area contributed by atoms with Gasteiger partial charge in [0, 0.05) is 17.6 Å². The molecule has 1 unspecified atom stereocenters. The van der Waals surface area contributed by atoms with Crippen LogP contribution < -0.4 is 15.4 Å². The molecule has 2 N–H and O–H groups in total. The van der Waals surface area contributed by atoms with Crippen molar-refractivity contribution in [2.24, 2.45) is 5.41 Å². The van der Waals surface area contributed by atoms with E-state index in [0.717, 1.165) is 23.3 Å². The third-order valence-electron chi connectivity index (χ3n) is 5.64. The van der Waals surface area contributed by atoms with Crippen molar-refractivity contribution in [1.82, 2.24) is 15.0 Å². The molecule has 0 fully saturated rings. The number of halogens is 6. The van der Waals surface area contributed by atoms with E-state index in [1.54, 1.807) is 0 Å². The van der Waals surface area contributed by atoms with Crippen molar-refractivity contribution in [2.75, 3.05) is 23.8 Å². The van der Waals surface area contributed by atoms with Gasteiger partial charge in [0.15, 0.2) is 6.61 Å². The monoisotopic (exact) mass is 535 g/mol. The van der Waals surface area contributed by atoms with E-state index >= 15 is 0 Å². The normalized spacial score (nSPS) is 17.6. The third kappa shape index (κ3) is 7.46. The molecule has 0 aliphatic heterocycles. The standard InChI is InChI=1S/C26H23F6N5O/c1-24(12-10-18(11-13-24)17-6-3-2-4-7-17)15-33-21-35-22(37-23(36-21)38-16-25(27,28)29)34-20-9-5-8-19(14-20)26(30,31)32/h2-12,14H,13,15-16H2,1H3,(H2,33,34,35,36,37). The summed E-state index contributed by atoms with van der Waals surface area (Å²) in [5.74, 6) is -0.381. The van der Waals surface area contributed by atoms with Gasteiger partial charge in [-0.1, -0.05) is 61.5 Å². The molecule has 2 aromatic carbocycles. The summed E-state index contributed by atoms with van der Waals surface area (Å²) >= 11 is 0. The van der Waals surface area contributed by atoms with E-state index in [1.807, 2.05) is 49.4 Å². The lowest BCUT2D eigenvalue weighted by Crippen LogP contribution is -2.26. The molecule has 4 rings (SSSR count). The number of rotatable bonds is 8. The van der Waals surface area contributed by atoms with Crippen LogP contribution in [-0.4, -0.2) is 34.3 Å². The summed E-state index contributed by atoms with van der Waals surface area (Å²) in [7, 11) is 0. The topological polar surface area (TPSA) is 72.0 Å². The van der Waals surface area contributed by atoms with Gasteiger partial charge in [-0.15, -0.1) is 0 Å². The number of ether oxygens (including phenoxy) is 1. The van der Waals surface area contributed by atoms with Gasteiger partial charge >= 0.3 is 18.4 Å². The number of anilines is 3. The lowest BCUT2D eigenvalue weighted by molar-refractivity contribution is -0.154. The van der Waals surface area contributed by atoms with Crippen LogP contribution >= 0.6 is 0 Å². The van der Waals surface area contributed by atoms with E-state index in [4.69, 9.17) is 0 Å². The Morgan fingerprint density at radius 1 is 0.921 bits per heavy atom. The SMILES string of the molecule is CC1(CNc2nc(Nc3cccc(C(F)(F)F)c3)nc(OCC(F)(F)F)n2)C=CC(c2ccccc2)=CC1. The summed E-state index contributed by atoms with van der Waals surface area (Å²) in [4.78, 5) is 11.8. The molecule has 0 amide bonds. The minimum atomic E-state index is -4.64. The van der Waals surface area contributed by atoms with Crippen molar-refractivity contribution in [3.8, 4) is 6.01 Å². The molecule has 200 valence electrons. The highest BCUT2D eigenvalue weighted by Gasteiger charge is 2.31. The van der Waals surface area contributed by atoms with E-state index < -0.39 is 30.5 Å². The van der Waals surface area contributed by atoms with Gasteiger partial charge in [0.2, 0.25) is 11.9 Å². The average Bonchev–Trinajstić information content (AvgIpc) is 2.87. The average molecular weight is 535 g/mol. The Labute approximate surface area is 214 Å². The Bertz CT molecular complexity index is 1320. The number of aromatic nitrogens is 3. The summed E-state index contributed by atoms with van der Waals surface area (Å²) in [6.45, 7) is 0.652. The summed E-state index contributed by atoms with van der Waals surface area (Å²) in [5, 5.41) is 5.56. The highest BCUT2D eigenvalue weighted by molar-refractivity contribution is 5.75. The zero-order chi connectivity index (χ0) is 27.4. The van der Waals surface area contributed by atoms with Crippen LogP contribution in [0.3, 0.4) is 0 Å². The maximum atomic E-state index is 13.1. The van der Waals surface area contributed by atoms with E-state index in [9.17, 15) is 26.3 Å². The van der Waals surface area contributed by atoms with Crippen LogP contribution in [0.15, 0.2) is 72.8 Å². The number of benzene rings is 2. The molecule has 1 aromatic heterocycles. The quantitative estimate of drug-likeness (QED) is 0.302. The van der Waals surface area contributed by atoms with Gasteiger partial charge < -0.3 is 15.4 Å². The highest BCUT2D eigenvalue weighted by atomic mass is 19.4. The molecule has 0 radical (unpaired) electrons. The number of allylic oxidation sites excluding steroid dienone is 3. The van der Waals surface area contributed by atoms with E-state index in [-0.39, 0.29) is 23.0 Å². The number of nitrogens with one attached hydrogen (secondary N) is 2. The fourth-order valence-corrected chi connectivity index (χ4v) is 3.63. The van der Waals surface area contributed by atoms with Crippen LogP contribution in [0.1, 0.15) is 24.5 Å². The first-order chi connectivity index (χ1) is 17.9. The first-order valence-corrected chi connectivity index (χ1v) is 11.5. The Balaban J connectivity index is 1.51. The molecule has 38 heavy (non-hydrogen) atoms. The predicted molar refractivity (Wildman–Crippen MR) is 131 cm³/mol. The number of hydrogen-bond acceptors (Lipinski definition) is 6. The minimum Gasteiger partial charge on any atom is -0.454 e. The van der Waals surface area contributed by atoms with Crippen molar-refractivity contribution in [1.29, 1.82) is 0 Å². The lowest BCUT2D eigenvalue weighted by Gasteiger charge is -2.28. The number of nitrogens with zero attached hydrogens (tertiary/aromatic N) is 3. The van der Waals surface area contributed by atoms with E-state index in [2.05, 4.69) is 36.4 Å². The smallest absolute Gasteiger partial charge is 0.422 e. The van der Waals surface area contributed by atoms with Gasteiger partial charge in [-0.3, -0.25) is 0 Å². The van der Waals surface area contributed by atoms with Crippen LogP contribution in [0.5, 0.6) is 6.01 Å². The van der Waals surface area contributed by atoms with Gasteiger partial charge in [-0.2, -0.15) is 41.3 Å². The molecule has 0 saturated carbocycles. The fraction of sp³-hybridized carbons (Fsp3) is 0.269.